The summed E-state index contributed by atoms with van der Waals surface area (Å²) in [6.45, 7) is 4.29. The maximum Gasteiger partial charge on any atom is 0.0997 e. The molecule has 1 nitrogen and oxygen atoms in total. The lowest BCUT2D eigenvalue weighted by Crippen LogP contribution is -1.96. The van der Waals surface area contributed by atoms with Gasteiger partial charge in [0.05, 0.1) is 5.76 Å². The van der Waals surface area contributed by atoms with E-state index in [1.165, 1.54) is 0 Å². The SMILES string of the molecule is CC[C@H](C)CC(O)=C1C=CC=C1. The lowest BCUT2D eigenvalue weighted by atomic mass is 10.0. The van der Waals surface area contributed by atoms with Crippen LogP contribution in [0.4, 0.5) is 0 Å². The molecule has 0 fully saturated rings. The fourth-order valence-electron chi connectivity index (χ4n) is 1.16. The standard InChI is InChI=1S/C11H16O/c1-3-9(2)8-11(12)10-6-4-5-7-10/h4-7,9,12H,3,8H2,1-2H3/t9-/m0/s1. The van der Waals surface area contributed by atoms with Crippen LogP contribution >= 0.6 is 0 Å². The summed E-state index contributed by atoms with van der Waals surface area (Å²) in [6, 6.07) is 0. The summed E-state index contributed by atoms with van der Waals surface area (Å²) in [6.07, 6.45) is 9.69. The maximum atomic E-state index is 9.63. The van der Waals surface area contributed by atoms with E-state index < -0.39 is 0 Å². The molecule has 0 aromatic heterocycles. The first-order chi connectivity index (χ1) is 5.74. The van der Waals surface area contributed by atoms with Crippen LogP contribution in [0.2, 0.25) is 0 Å². The van der Waals surface area contributed by atoms with Crippen molar-refractivity contribution in [1.29, 1.82) is 0 Å². The smallest absolute Gasteiger partial charge is 0.0997 e. The zero-order valence-corrected chi connectivity index (χ0v) is 7.75. The van der Waals surface area contributed by atoms with E-state index in [0.29, 0.717) is 11.7 Å². The van der Waals surface area contributed by atoms with Gasteiger partial charge in [0.1, 0.15) is 0 Å². The van der Waals surface area contributed by atoms with Gasteiger partial charge in [0.2, 0.25) is 0 Å². The molecule has 0 bridgehead atoms. The number of hydrogen-bond donors (Lipinski definition) is 1. The highest BCUT2D eigenvalue weighted by molar-refractivity contribution is 5.41. The number of rotatable bonds is 3. The highest BCUT2D eigenvalue weighted by Gasteiger charge is 2.06. The molecule has 12 heavy (non-hydrogen) atoms. The van der Waals surface area contributed by atoms with Crippen molar-refractivity contribution < 1.29 is 5.11 Å². The molecule has 1 N–H and O–H groups in total. The second-order valence-corrected chi connectivity index (χ2v) is 3.34. The van der Waals surface area contributed by atoms with Gasteiger partial charge in [0.25, 0.3) is 0 Å². The minimum absolute atomic E-state index is 0.523. The van der Waals surface area contributed by atoms with Crippen LogP contribution in [0.3, 0.4) is 0 Å². The molecule has 1 rings (SSSR count). The molecular formula is C11H16O. The van der Waals surface area contributed by atoms with Crippen molar-refractivity contribution in [3.63, 3.8) is 0 Å². The van der Waals surface area contributed by atoms with Gasteiger partial charge in [-0.2, -0.15) is 0 Å². The molecule has 0 amide bonds. The molecule has 0 spiro atoms. The summed E-state index contributed by atoms with van der Waals surface area (Å²) in [4.78, 5) is 0. The van der Waals surface area contributed by atoms with Gasteiger partial charge in [0, 0.05) is 12.0 Å². The Labute approximate surface area is 74.1 Å². The predicted octanol–water partition coefficient (Wildman–Crippen LogP) is 3.36. The zero-order valence-electron chi connectivity index (χ0n) is 7.75. The van der Waals surface area contributed by atoms with E-state index in [2.05, 4.69) is 13.8 Å². The molecule has 0 aromatic rings. The van der Waals surface area contributed by atoms with Gasteiger partial charge in [-0.1, -0.05) is 44.6 Å². The molecule has 0 heterocycles. The van der Waals surface area contributed by atoms with Crippen LogP contribution in [-0.2, 0) is 0 Å². The van der Waals surface area contributed by atoms with E-state index in [9.17, 15) is 5.11 Å². The van der Waals surface area contributed by atoms with Crippen LogP contribution in [0.5, 0.6) is 0 Å². The van der Waals surface area contributed by atoms with Crippen molar-refractivity contribution in [3.05, 3.63) is 35.6 Å². The van der Waals surface area contributed by atoms with E-state index in [-0.39, 0.29) is 0 Å². The maximum absolute atomic E-state index is 9.63. The Kier molecular flexibility index (Phi) is 3.15. The molecule has 0 unspecified atom stereocenters. The molecule has 0 saturated heterocycles. The van der Waals surface area contributed by atoms with E-state index in [1.54, 1.807) is 0 Å². The molecule has 1 atom stereocenters. The summed E-state index contributed by atoms with van der Waals surface area (Å²) < 4.78 is 0. The average Bonchev–Trinajstić information content (AvgIpc) is 2.56. The Morgan fingerprint density at radius 1 is 1.42 bits per heavy atom. The Balaban J connectivity index is 2.57. The van der Waals surface area contributed by atoms with Gasteiger partial charge < -0.3 is 5.11 Å². The lowest BCUT2D eigenvalue weighted by Gasteiger charge is -2.08. The molecule has 1 aliphatic carbocycles. The van der Waals surface area contributed by atoms with Crippen LogP contribution in [-0.4, -0.2) is 5.11 Å². The van der Waals surface area contributed by atoms with Gasteiger partial charge in [-0.15, -0.1) is 0 Å². The summed E-state index contributed by atoms with van der Waals surface area (Å²) in [7, 11) is 0. The van der Waals surface area contributed by atoms with Crippen molar-refractivity contribution in [3.8, 4) is 0 Å². The number of aliphatic hydroxyl groups is 1. The normalized spacial score (nSPS) is 17.0. The summed E-state index contributed by atoms with van der Waals surface area (Å²) >= 11 is 0. The predicted molar refractivity (Wildman–Crippen MR) is 52.0 cm³/mol. The first-order valence-electron chi connectivity index (χ1n) is 4.51. The van der Waals surface area contributed by atoms with Crippen LogP contribution < -0.4 is 0 Å². The van der Waals surface area contributed by atoms with Gasteiger partial charge in [-0.3, -0.25) is 0 Å². The average molecular weight is 164 g/mol. The number of aliphatic hydroxyl groups excluding tert-OH is 1. The van der Waals surface area contributed by atoms with E-state index >= 15 is 0 Å². The molecule has 66 valence electrons. The highest BCUT2D eigenvalue weighted by atomic mass is 16.3. The van der Waals surface area contributed by atoms with Gasteiger partial charge >= 0.3 is 0 Å². The molecule has 0 aliphatic heterocycles. The van der Waals surface area contributed by atoms with Crippen LogP contribution in [0.25, 0.3) is 0 Å². The Morgan fingerprint density at radius 2 is 2.00 bits per heavy atom. The first kappa shape index (κ1) is 9.11. The monoisotopic (exact) mass is 164 g/mol. The third-order valence-electron chi connectivity index (χ3n) is 2.23. The molecule has 1 heteroatoms. The Hall–Kier alpha value is -0.980. The molecule has 1 aliphatic rings. The van der Waals surface area contributed by atoms with Crippen molar-refractivity contribution in [2.75, 3.05) is 0 Å². The van der Waals surface area contributed by atoms with E-state index in [1.807, 2.05) is 24.3 Å². The molecule has 0 radical (unpaired) electrons. The molecule has 0 saturated carbocycles. The van der Waals surface area contributed by atoms with Crippen molar-refractivity contribution in [2.24, 2.45) is 5.92 Å². The molecule has 0 aromatic carbocycles. The highest BCUT2D eigenvalue weighted by Crippen LogP contribution is 2.19. The Morgan fingerprint density at radius 3 is 2.50 bits per heavy atom. The van der Waals surface area contributed by atoms with Crippen molar-refractivity contribution in [2.45, 2.75) is 26.7 Å². The van der Waals surface area contributed by atoms with Crippen LogP contribution in [0, 0.1) is 5.92 Å². The fourth-order valence-corrected chi connectivity index (χ4v) is 1.16. The minimum atomic E-state index is 0.523. The van der Waals surface area contributed by atoms with Gasteiger partial charge in [0.15, 0.2) is 0 Å². The van der Waals surface area contributed by atoms with Gasteiger partial charge in [-0.05, 0) is 5.92 Å². The summed E-state index contributed by atoms with van der Waals surface area (Å²) in [5, 5.41) is 9.63. The summed E-state index contributed by atoms with van der Waals surface area (Å²) in [5.41, 5.74) is 0.968. The Bertz CT molecular complexity index is 219. The second-order valence-electron chi connectivity index (χ2n) is 3.34. The third kappa shape index (κ3) is 2.26. The largest absolute Gasteiger partial charge is 0.512 e. The minimum Gasteiger partial charge on any atom is -0.512 e. The first-order valence-corrected chi connectivity index (χ1v) is 4.51. The second kappa shape index (κ2) is 4.15. The number of hydrogen-bond acceptors (Lipinski definition) is 1. The topological polar surface area (TPSA) is 20.2 Å². The van der Waals surface area contributed by atoms with Crippen molar-refractivity contribution >= 4 is 0 Å². The van der Waals surface area contributed by atoms with Crippen molar-refractivity contribution in [1.82, 2.24) is 0 Å². The zero-order chi connectivity index (χ0) is 8.97. The summed E-state index contributed by atoms with van der Waals surface area (Å²) in [5.74, 6) is 1.09. The van der Waals surface area contributed by atoms with E-state index in [0.717, 1.165) is 18.4 Å². The number of allylic oxidation sites excluding steroid dienone is 6. The lowest BCUT2D eigenvalue weighted by molar-refractivity contribution is 0.351. The third-order valence-corrected chi connectivity index (χ3v) is 2.23. The fraction of sp³-hybridized carbons (Fsp3) is 0.455. The van der Waals surface area contributed by atoms with E-state index in [4.69, 9.17) is 0 Å². The molecular weight excluding hydrogens is 148 g/mol. The van der Waals surface area contributed by atoms with Gasteiger partial charge in [-0.25, -0.2) is 0 Å². The van der Waals surface area contributed by atoms with Crippen LogP contribution in [0.15, 0.2) is 35.6 Å². The quantitative estimate of drug-likeness (QED) is 0.634. The van der Waals surface area contributed by atoms with Crippen LogP contribution in [0.1, 0.15) is 26.7 Å².